The molecule has 24 heavy (non-hydrogen) atoms. The number of carbonyl (C=O) groups is 1. The van der Waals surface area contributed by atoms with Gasteiger partial charge in [-0.15, -0.1) is 0 Å². The Balaban J connectivity index is 1.88. The molecule has 0 unspecified atom stereocenters. The van der Waals surface area contributed by atoms with Crippen LogP contribution in [0.1, 0.15) is 12.7 Å². The number of ether oxygens (including phenoxy) is 2. The molecule has 0 N–H and O–H groups in total. The third-order valence-electron chi connectivity index (χ3n) is 3.90. The second-order valence-corrected chi connectivity index (χ2v) is 6.96. The molecule has 1 aliphatic heterocycles. The second kappa shape index (κ2) is 7.92. The Labute approximate surface area is 145 Å². The SMILES string of the molecule is COC(=O)[C@H](C)Sc1nc(CN2CCOCC2)nc2ccccc12. The van der Waals surface area contributed by atoms with E-state index < -0.39 is 0 Å². The van der Waals surface area contributed by atoms with Gasteiger partial charge in [0.05, 0.1) is 32.4 Å². The average Bonchev–Trinajstić information content (AvgIpc) is 2.62. The smallest absolute Gasteiger partial charge is 0.318 e. The summed E-state index contributed by atoms with van der Waals surface area (Å²) in [5, 5.41) is 1.47. The van der Waals surface area contributed by atoms with Gasteiger partial charge in [0.1, 0.15) is 16.1 Å². The fourth-order valence-corrected chi connectivity index (χ4v) is 3.58. The van der Waals surface area contributed by atoms with Gasteiger partial charge in [-0.1, -0.05) is 30.0 Å². The van der Waals surface area contributed by atoms with Gasteiger partial charge in [0.15, 0.2) is 0 Å². The van der Waals surface area contributed by atoms with Crippen molar-refractivity contribution in [3.8, 4) is 0 Å². The number of esters is 1. The fourth-order valence-electron chi connectivity index (χ4n) is 2.59. The summed E-state index contributed by atoms with van der Waals surface area (Å²) >= 11 is 1.41. The van der Waals surface area contributed by atoms with Crippen LogP contribution in [-0.2, 0) is 20.8 Å². The minimum Gasteiger partial charge on any atom is -0.468 e. The molecule has 1 aromatic carbocycles. The molecular formula is C17H21N3O3S. The van der Waals surface area contributed by atoms with E-state index in [2.05, 4.69) is 9.88 Å². The highest BCUT2D eigenvalue weighted by Gasteiger charge is 2.19. The zero-order valence-electron chi connectivity index (χ0n) is 13.9. The molecule has 1 saturated heterocycles. The van der Waals surface area contributed by atoms with Crippen molar-refractivity contribution in [1.29, 1.82) is 0 Å². The van der Waals surface area contributed by atoms with Crippen LogP contribution in [-0.4, -0.2) is 59.5 Å². The molecule has 0 saturated carbocycles. The number of carbonyl (C=O) groups excluding carboxylic acids is 1. The van der Waals surface area contributed by atoms with Gasteiger partial charge < -0.3 is 9.47 Å². The van der Waals surface area contributed by atoms with Gasteiger partial charge in [0.2, 0.25) is 0 Å². The number of para-hydroxylation sites is 1. The van der Waals surface area contributed by atoms with Gasteiger partial charge in [0, 0.05) is 18.5 Å². The summed E-state index contributed by atoms with van der Waals surface area (Å²) in [6, 6.07) is 7.89. The molecular weight excluding hydrogens is 326 g/mol. The van der Waals surface area contributed by atoms with Crippen molar-refractivity contribution in [3.05, 3.63) is 30.1 Å². The molecule has 1 fully saturated rings. The number of thioether (sulfide) groups is 1. The van der Waals surface area contributed by atoms with Crippen LogP contribution in [0.5, 0.6) is 0 Å². The Bertz CT molecular complexity index is 719. The summed E-state index contributed by atoms with van der Waals surface area (Å²) in [7, 11) is 1.40. The molecule has 1 aliphatic rings. The van der Waals surface area contributed by atoms with Crippen LogP contribution in [0.3, 0.4) is 0 Å². The zero-order valence-corrected chi connectivity index (χ0v) is 14.7. The van der Waals surface area contributed by atoms with Crippen LogP contribution >= 0.6 is 11.8 Å². The van der Waals surface area contributed by atoms with Crippen LogP contribution in [0.2, 0.25) is 0 Å². The molecule has 0 aliphatic carbocycles. The number of hydrogen-bond donors (Lipinski definition) is 0. The monoisotopic (exact) mass is 347 g/mol. The first-order chi connectivity index (χ1) is 11.7. The molecule has 0 amide bonds. The zero-order chi connectivity index (χ0) is 16.9. The van der Waals surface area contributed by atoms with E-state index in [1.165, 1.54) is 18.9 Å². The molecule has 6 nitrogen and oxygen atoms in total. The number of benzene rings is 1. The Morgan fingerprint density at radius 1 is 1.33 bits per heavy atom. The van der Waals surface area contributed by atoms with Crippen molar-refractivity contribution in [3.63, 3.8) is 0 Å². The number of fused-ring (bicyclic) bond motifs is 1. The maximum Gasteiger partial charge on any atom is 0.318 e. The van der Waals surface area contributed by atoms with Crippen LogP contribution < -0.4 is 0 Å². The number of aromatic nitrogens is 2. The van der Waals surface area contributed by atoms with Crippen molar-refractivity contribution in [2.24, 2.45) is 0 Å². The molecule has 0 bridgehead atoms. The standard InChI is InChI=1S/C17H21N3O3S/c1-12(17(21)22-2)24-16-13-5-3-4-6-14(13)18-15(19-16)11-20-7-9-23-10-8-20/h3-6,12H,7-11H2,1-2H3/t12-/m0/s1. The van der Waals surface area contributed by atoms with Gasteiger partial charge in [-0.3, -0.25) is 9.69 Å². The number of rotatable bonds is 5. The third-order valence-corrected chi connectivity index (χ3v) is 4.99. The first-order valence-corrected chi connectivity index (χ1v) is 8.85. The van der Waals surface area contributed by atoms with Gasteiger partial charge in [-0.25, -0.2) is 9.97 Å². The van der Waals surface area contributed by atoms with Crippen molar-refractivity contribution in [1.82, 2.24) is 14.9 Å². The molecule has 2 aromatic rings. The van der Waals surface area contributed by atoms with Crippen LogP contribution in [0.4, 0.5) is 0 Å². The third kappa shape index (κ3) is 4.03. The molecule has 1 aromatic heterocycles. The molecule has 128 valence electrons. The molecule has 7 heteroatoms. The van der Waals surface area contributed by atoms with E-state index in [-0.39, 0.29) is 11.2 Å². The lowest BCUT2D eigenvalue weighted by molar-refractivity contribution is -0.139. The lowest BCUT2D eigenvalue weighted by Gasteiger charge is -2.26. The van der Waals surface area contributed by atoms with Crippen molar-refractivity contribution in [2.45, 2.75) is 23.7 Å². The maximum atomic E-state index is 11.7. The quantitative estimate of drug-likeness (QED) is 0.466. The Morgan fingerprint density at radius 3 is 2.83 bits per heavy atom. The number of hydrogen-bond acceptors (Lipinski definition) is 7. The van der Waals surface area contributed by atoms with Gasteiger partial charge in [0.25, 0.3) is 0 Å². The highest BCUT2D eigenvalue weighted by molar-refractivity contribution is 8.00. The van der Waals surface area contributed by atoms with Crippen molar-refractivity contribution in [2.75, 3.05) is 33.4 Å². The largest absolute Gasteiger partial charge is 0.468 e. The van der Waals surface area contributed by atoms with Crippen LogP contribution in [0, 0.1) is 0 Å². The lowest BCUT2D eigenvalue weighted by Crippen LogP contribution is -2.36. The minimum atomic E-state index is -0.315. The minimum absolute atomic E-state index is 0.252. The van der Waals surface area contributed by atoms with E-state index in [0.29, 0.717) is 6.54 Å². The molecule has 1 atom stereocenters. The van der Waals surface area contributed by atoms with Crippen LogP contribution in [0.25, 0.3) is 10.9 Å². The predicted octanol–water partition coefficient (Wildman–Crippen LogP) is 2.12. The summed E-state index contributed by atoms with van der Waals surface area (Å²) in [5.41, 5.74) is 0.898. The van der Waals surface area contributed by atoms with Crippen molar-refractivity contribution < 1.29 is 14.3 Å². The van der Waals surface area contributed by atoms with E-state index >= 15 is 0 Å². The number of nitrogens with zero attached hydrogens (tertiary/aromatic N) is 3. The highest BCUT2D eigenvalue weighted by atomic mass is 32.2. The van der Waals surface area contributed by atoms with E-state index in [1.54, 1.807) is 0 Å². The Hall–Kier alpha value is -1.70. The Morgan fingerprint density at radius 2 is 2.08 bits per heavy atom. The number of methoxy groups -OCH3 is 1. The highest BCUT2D eigenvalue weighted by Crippen LogP contribution is 2.29. The summed E-state index contributed by atoms with van der Waals surface area (Å²) in [4.78, 5) is 23.4. The summed E-state index contributed by atoms with van der Waals surface area (Å²) < 4.78 is 10.2. The van der Waals surface area contributed by atoms with Crippen molar-refractivity contribution >= 4 is 28.6 Å². The second-order valence-electron chi connectivity index (χ2n) is 5.63. The van der Waals surface area contributed by atoms with Crippen LogP contribution in [0.15, 0.2) is 29.3 Å². The summed E-state index contributed by atoms with van der Waals surface area (Å²) in [6.07, 6.45) is 0. The maximum absolute atomic E-state index is 11.7. The first-order valence-electron chi connectivity index (χ1n) is 7.97. The topological polar surface area (TPSA) is 64.5 Å². The van der Waals surface area contributed by atoms with Gasteiger partial charge >= 0.3 is 5.97 Å². The fraction of sp³-hybridized carbons (Fsp3) is 0.471. The molecule has 0 radical (unpaired) electrons. The first kappa shape index (κ1) is 17.1. The van der Waals surface area contributed by atoms with Gasteiger partial charge in [-0.2, -0.15) is 0 Å². The Kier molecular flexibility index (Phi) is 5.65. The average molecular weight is 347 g/mol. The lowest BCUT2D eigenvalue weighted by atomic mass is 10.2. The molecule has 3 rings (SSSR count). The summed E-state index contributed by atoms with van der Waals surface area (Å²) in [6.45, 7) is 5.78. The van der Waals surface area contributed by atoms with E-state index in [4.69, 9.17) is 14.5 Å². The van der Waals surface area contributed by atoms with E-state index in [9.17, 15) is 4.79 Å². The normalized spacial score (nSPS) is 16.9. The molecule has 2 heterocycles. The van der Waals surface area contributed by atoms with E-state index in [0.717, 1.165) is 48.1 Å². The molecule has 0 spiro atoms. The van der Waals surface area contributed by atoms with Gasteiger partial charge in [-0.05, 0) is 13.0 Å². The number of morpholine rings is 1. The predicted molar refractivity (Wildman–Crippen MR) is 93.0 cm³/mol. The summed E-state index contributed by atoms with van der Waals surface area (Å²) in [5.74, 6) is 0.521. The van der Waals surface area contributed by atoms with E-state index in [1.807, 2.05) is 31.2 Å².